The van der Waals surface area contributed by atoms with Crippen molar-refractivity contribution in [2.24, 2.45) is 13.0 Å². The summed E-state index contributed by atoms with van der Waals surface area (Å²) in [6, 6.07) is 9.23. The fraction of sp³-hybridized carbons (Fsp3) is 0.421. The Kier molecular flexibility index (Phi) is 5.61. The molecular weight excluding hydrogens is 354 g/mol. The van der Waals surface area contributed by atoms with Gasteiger partial charge in [-0.05, 0) is 30.9 Å². The summed E-state index contributed by atoms with van der Waals surface area (Å²) >= 11 is 6.24. The van der Waals surface area contributed by atoms with Gasteiger partial charge in [0, 0.05) is 32.1 Å². The highest BCUT2D eigenvalue weighted by Crippen LogP contribution is 2.28. The van der Waals surface area contributed by atoms with Crippen LogP contribution in [0.15, 0.2) is 30.3 Å². The second-order valence-corrected chi connectivity index (χ2v) is 6.94. The number of amides is 1. The predicted octanol–water partition coefficient (Wildman–Crippen LogP) is 3.16. The molecule has 1 saturated heterocycles. The zero-order chi connectivity index (χ0) is 18.7. The van der Waals surface area contributed by atoms with Gasteiger partial charge in [0.05, 0.1) is 17.8 Å². The lowest BCUT2D eigenvalue weighted by Gasteiger charge is -2.31. The van der Waals surface area contributed by atoms with Crippen molar-refractivity contribution in [2.45, 2.75) is 19.3 Å². The van der Waals surface area contributed by atoms with Gasteiger partial charge in [-0.2, -0.15) is 5.10 Å². The molecule has 7 heteroatoms. The van der Waals surface area contributed by atoms with Crippen LogP contribution in [0.1, 0.15) is 29.8 Å². The first-order valence-electron chi connectivity index (χ1n) is 8.64. The molecule has 0 N–H and O–H groups in total. The fourth-order valence-electron chi connectivity index (χ4n) is 3.29. The highest BCUT2D eigenvalue weighted by molar-refractivity contribution is 6.33. The summed E-state index contributed by atoms with van der Waals surface area (Å²) in [5.41, 5.74) is 2.02. The summed E-state index contributed by atoms with van der Waals surface area (Å²) in [5.74, 6) is 0.0392. The first kappa shape index (κ1) is 18.5. The number of methoxy groups -OCH3 is 1. The number of esters is 1. The predicted molar refractivity (Wildman–Crippen MR) is 98.9 cm³/mol. The molecule has 0 spiro atoms. The van der Waals surface area contributed by atoms with E-state index in [0.717, 1.165) is 18.4 Å². The number of hydrogen-bond donors (Lipinski definition) is 0. The van der Waals surface area contributed by atoms with Crippen molar-refractivity contribution < 1.29 is 14.3 Å². The lowest BCUT2D eigenvalue weighted by molar-refractivity contribution is -0.142. The maximum Gasteiger partial charge on any atom is 0.305 e. The molecule has 1 amide bonds. The molecule has 2 aromatic rings. The van der Waals surface area contributed by atoms with Gasteiger partial charge < -0.3 is 9.64 Å². The van der Waals surface area contributed by atoms with Crippen LogP contribution in [0, 0.1) is 5.92 Å². The smallest absolute Gasteiger partial charge is 0.305 e. The fourth-order valence-corrected chi connectivity index (χ4v) is 3.52. The van der Waals surface area contributed by atoms with Gasteiger partial charge >= 0.3 is 5.97 Å². The van der Waals surface area contributed by atoms with Crippen LogP contribution in [-0.2, 0) is 16.6 Å². The molecule has 26 heavy (non-hydrogen) atoms. The molecule has 2 heterocycles. The molecule has 1 fully saturated rings. The molecule has 0 aliphatic carbocycles. The molecule has 0 bridgehead atoms. The topological polar surface area (TPSA) is 64.4 Å². The van der Waals surface area contributed by atoms with Crippen molar-refractivity contribution >= 4 is 23.5 Å². The zero-order valence-electron chi connectivity index (χ0n) is 14.9. The van der Waals surface area contributed by atoms with E-state index in [1.54, 1.807) is 23.9 Å². The number of aryl methyl sites for hydroxylation is 1. The normalized spacial score (nSPS) is 15.1. The molecule has 1 aromatic carbocycles. The van der Waals surface area contributed by atoms with Crippen LogP contribution >= 0.6 is 11.6 Å². The van der Waals surface area contributed by atoms with Crippen molar-refractivity contribution in [3.05, 3.63) is 41.0 Å². The standard InChI is InChI=1S/C19H22ClN3O3/c1-22-17(12-16(21-22)14-5-3-4-6-15(14)20)19(25)23-9-7-13(8-10-23)11-18(24)26-2/h3-6,12-13H,7-11H2,1-2H3. The van der Waals surface area contributed by atoms with Gasteiger partial charge in [-0.25, -0.2) is 0 Å². The third kappa shape index (κ3) is 3.90. The quantitative estimate of drug-likeness (QED) is 0.770. The summed E-state index contributed by atoms with van der Waals surface area (Å²) < 4.78 is 6.32. The number of benzene rings is 1. The summed E-state index contributed by atoms with van der Waals surface area (Å²) in [6.07, 6.45) is 2.02. The number of carbonyl (C=O) groups is 2. The Labute approximate surface area is 157 Å². The number of halogens is 1. The monoisotopic (exact) mass is 375 g/mol. The van der Waals surface area contributed by atoms with E-state index in [1.807, 2.05) is 23.1 Å². The van der Waals surface area contributed by atoms with Crippen LogP contribution in [0.3, 0.4) is 0 Å². The number of ether oxygens (including phenoxy) is 1. The Balaban J connectivity index is 1.70. The van der Waals surface area contributed by atoms with E-state index in [4.69, 9.17) is 16.3 Å². The van der Waals surface area contributed by atoms with E-state index in [-0.39, 0.29) is 17.8 Å². The van der Waals surface area contributed by atoms with Crippen molar-refractivity contribution in [3.63, 3.8) is 0 Å². The summed E-state index contributed by atoms with van der Waals surface area (Å²) in [6.45, 7) is 1.26. The number of nitrogens with zero attached hydrogens (tertiary/aromatic N) is 3. The molecular formula is C19H22ClN3O3. The first-order chi connectivity index (χ1) is 12.5. The van der Waals surface area contributed by atoms with Crippen LogP contribution in [-0.4, -0.2) is 46.8 Å². The SMILES string of the molecule is COC(=O)CC1CCN(C(=O)c2cc(-c3ccccc3Cl)nn2C)CC1. The van der Waals surface area contributed by atoms with Gasteiger partial charge in [0.1, 0.15) is 5.69 Å². The van der Waals surface area contributed by atoms with Gasteiger partial charge in [0.25, 0.3) is 5.91 Å². The Morgan fingerprint density at radius 1 is 1.27 bits per heavy atom. The van der Waals surface area contributed by atoms with Crippen molar-refractivity contribution in [3.8, 4) is 11.3 Å². The number of aromatic nitrogens is 2. The maximum atomic E-state index is 12.9. The molecule has 1 aliphatic heterocycles. The molecule has 0 atom stereocenters. The van der Waals surface area contributed by atoms with Gasteiger partial charge in [-0.1, -0.05) is 29.8 Å². The first-order valence-corrected chi connectivity index (χ1v) is 9.02. The Hall–Kier alpha value is -2.34. The Morgan fingerprint density at radius 3 is 2.62 bits per heavy atom. The van der Waals surface area contributed by atoms with Crippen molar-refractivity contribution in [1.29, 1.82) is 0 Å². The van der Waals surface area contributed by atoms with Crippen LogP contribution in [0.5, 0.6) is 0 Å². The number of piperidine rings is 1. The number of carbonyl (C=O) groups excluding carboxylic acids is 2. The van der Waals surface area contributed by atoms with Crippen molar-refractivity contribution in [2.75, 3.05) is 20.2 Å². The van der Waals surface area contributed by atoms with E-state index in [2.05, 4.69) is 5.10 Å². The summed E-state index contributed by atoms with van der Waals surface area (Å²) in [5, 5.41) is 5.05. The van der Waals surface area contributed by atoms with E-state index in [0.29, 0.717) is 35.9 Å². The maximum absolute atomic E-state index is 12.9. The van der Waals surface area contributed by atoms with Crippen molar-refractivity contribution in [1.82, 2.24) is 14.7 Å². The lowest BCUT2D eigenvalue weighted by Crippen LogP contribution is -2.39. The lowest BCUT2D eigenvalue weighted by atomic mass is 9.93. The Bertz CT molecular complexity index is 810. The summed E-state index contributed by atoms with van der Waals surface area (Å²) in [7, 11) is 3.16. The van der Waals surface area contributed by atoms with E-state index >= 15 is 0 Å². The molecule has 138 valence electrons. The molecule has 0 unspecified atom stereocenters. The molecule has 6 nitrogen and oxygen atoms in total. The highest BCUT2D eigenvalue weighted by Gasteiger charge is 2.27. The van der Waals surface area contributed by atoms with Gasteiger partial charge in [0.2, 0.25) is 0 Å². The molecule has 0 radical (unpaired) electrons. The van der Waals surface area contributed by atoms with E-state index in [1.165, 1.54) is 7.11 Å². The minimum atomic E-state index is -0.189. The van der Waals surface area contributed by atoms with E-state index < -0.39 is 0 Å². The van der Waals surface area contributed by atoms with Gasteiger partial charge in [-0.15, -0.1) is 0 Å². The molecule has 0 saturated carbocycles. The van der Waals surface area contributed by atoms with Gasteiger partial charge in [-0.3, -0.25) is 14.3 Å². The third-order valence-corrected chi connectivity index (χ3v) is 5.16. The Morgan fingerprint density at radius 2 is 1.96 bits per heavy atom. The summed E-state index contributed by atoms with van der Waals surface area (Å²) in [4.78, 5) is 26.1. The highest BCUT2D eigenvalue weighted by atomic mass is 35.5. The number of likely N-dealkylation sites (tertiary alicyclic amines) is 1. The van der Waals surface area contributed by atoms with Crippen LogP contribution < -0.4 is 0 Å². The second kappa shape index (κ2) is 7.91. The molecule has 3 rings (SSSR count). The van der Waals surface area contributed by atoms with Crippen LogP contribution in [0.2, 0.25) is 5.02 Å². The second-order valence-electron chi connectivity index (χ2n) is 6.53. The minimum absolute atomic E-state index is 0.0465. The number of hydrogen-bond acceptors (Lipinski definition) is 4. The van der Waals surface area contributed by atoms with Crippen LogP contribution in [0.4, 0.5) is 0 Å². The molecule has 1 aromatic heterocycles. The van der Waals surface area contributed by atoms with Gasteiger partial charge in [0.15, 0.2) is 0 Å². The number of rotatable bonds is 4. The third-order valence-electron chi connectivity index (χ3n) is 4.83. The average Bonchev–Trinajstić information content (AvgIpc) is 3.03. The largest absolute Gasteiger partial charge is 0.469 e. The van der Waals surface area contributed by atoms with Crippen LogP contribution in [0.25, 0.3) is 11.3 Å². The minimum Gasteiger partial charge on any atom is -0.469 e. The zero-order valence-corrected chi connectivity index (χ0v) is 15.7. The average molecular weight is 376 g/mol. The molecule has 1 aliphatic rings. The van der Waals surface area contributed by atoms with E-state index in [9.17, 15) is 9.59 Å².